The quantitative estimate of drug-likeness (QED) is 0.549. The molecule has 2 unspecified atom stereocenters. The highest BCUT2D eigenvalue weighted by Gasteiger charge is 2.29. The summed E-state index contributed by atoms with van der Waals surface area (Å²) < 4.78 is 0. The summed E-state index contributed by atoms with van der Waals surface area (Å²) in [5.41, 5.74) is 6.18. The fourth-order valence-electron chi connectivity index (χ4n) is 2.53. The van der Waals surface area contributed by atoms with E-state index in [4.69, 9.17) is 5.73 Å². The van der Waals surface area contributed by atoms with Crippen LogP contribution in [-0.2, 0) is 0 Å². The summed E-state index contributed by atoms with van der Waals surface area (Å²) >= 11 is 0. The van der Waals surface area contributed by atoms with Gasteiger partial charge in [0.1, 0.15) is 0 Å². The molecule has 1 aliphatic carbocycles. The van der Waals surface area contributed by atoms with Crippen molar-refractivity contribution >= 4 is 0 Å². The molecule has 1 saturated carbocycles. The van der Waals surface area contributed by atoms with Crippen molar-refractivity contribution in [3.05, 3.63) is 0 Å². The van der Waals surface area contributed by atoms with Crippen LogP contribution in [0.2, 0.25) is 0 Å². The van der Waals surface area contributed by atoms with E-state index in [2.05, 4.69) is 20.8 Å². The predicted octanol–water partition coefficient (Wildman–Crippen LogP) is 2.16. The minimum absolute atomic E-state index is 0.122. The fraction of sp³-hybridized carbons (Fsp3) is 1.00. The number of rotatable bonds is 0. The molecule has 0 bridgehead atoms. The van der Waals surface area contributed by atoms with Gasteiger partial charge in [-0.1, -0.05) is 13.8 Å². The van der Waals surface area contributed by atoms with Crippen molar-refractivity contribution in [1.82, 2.24) is 0 Å². The third kappa shape index (κ3) is 1.98. The van der Waals surface area contributed by atoms with E-state index in [1.54, 1.807) is 0 Å². The van der Waals surface area contributed by atoms with E-state index in [0.717, 1.165) is 11.8 Å². The molecule has 2 atom stereocenters. The Morgan fingerprint density at radius 2 is 1.60 bits per heavy atom. The summed E-state index contributed by atoms with van der Waals surface area (Å²) in [5.74, 6) is 1.66. The molecule has 0 spiro atoms. The molecular formula is C9H19N. The molecule has 2 N–H and O–H groups in total. The Labute approximate surface area is 64.0 Å². The number of hydrogen-bond donors (Lipinski definition) is 1. The lowest BCUT2D eigenvalue weighted by molar-refractivity contribution is 0.198. The standard InChI is InChI=1S/C9H19N/c1-7-4-8(2)6-9(3,10)5-7/h7-8H,4-6,10H2,1-3H3. The van der Waals surface area contributed by atoms with Gasteiger partial charge in [0.2, 0.25) is 0 Å². The Kier molecular flexibility index (Phi) is 2.04. The maximum atomic E-state index is 6.06. The highest BCUT2D eigenvalue weighted by Crippen LogP contribution is 2.33. The zero-order chi connectivity index (χ0) is 7.78. The summed E-state index contributed by atoms with van der Waals surface area (Å²) in [7, 11) is 0. The molecule has 0 saturated heterocycles. The summed E-state index contributed by atoms with van der Waals surface area (Å²) in [5, 5.41) is 0. The van der Waals surface area contributed by atoms with Crippen LogP contribution in [0.15, 0.2) is 0 Å². The second-order valence-corrected chi connectivity index (χ2v) is 4.51. The lowest BCUT2D eigenvalue weighted by Crippen LogP contribution is -2.43. The van der Waals surface area contributed by atoms with Crippen LogP contribution < -0.4 is 5.73 Å². The summed E-state index contributed by atoms with van der Waals surface area (Å²) in [6, 6.07) is 0. The van der Waals surface area contributed by atoms with Crippen molar-refractivity contribution in [3.63, 3.8) is 0 Å². The average molecular weight is 141 g/mol. The van der Waals surface area contributed by atoms with Crippen molar-refractivity contribution in [2.45, 2.75) is 45.6 Å². The van der Waals surface area contributed by atoms with Gasteiger partial charge in [0.05, 0.1) is 0 Å². The second-order valence-electron chi connectivity index (χ2n) is 4.51. The number of nitrogens with two attached hydrogens (primary N) is 1. The zero-order valence-electron chi connectivity index (χ0n) is 7.35. The maximum Gasteiger partial charge on any atom is 0.0131 e. The lowest BCUT2D eigenvalue weighted by Gasteiger charge is -2.37. The van der Waals surface area contributed by atoms with Crippen LogP contribution in [0.1, 0.15) is 40.0 Å². The van der Waals surface area contributed by atoms with Gasteiger partial charge in [0.25, 0.3) is 0 Å². The SMILES string of the molecule is CC1CC(C)CC(C)(N)C1. The molecule has 1 nitrogen and oxygen atoms in total. The van der Waals surface area contributed by atoms with Crippen LogP contribution in [0.4, 0.5) is 0 Å². The lowest BCUT2D eigenvalue weighted by atomic mass is 9.73. The van der Waals surface area contributed by atoms with Crippen molar-refractivity contribution < 1.29 is 0 Å². The summed E-state index contributed by atoms with van der Waals surface area (Å²) in [6.45, 7) is 6.79. The molecule has 60 valence electrons. The van der Waals surface area contributed by atoms with Gasteiger partial charge in [0, 0.05) is 5.54 Å². The first-order valence-corrected chi connectivity index (χ1v) is 4.28. The molecule has 0 aliphatic heterocycles. The van der Waals surface area contributed by atoms with E-state index in [0.29, 0.717) is 0 Å². The second kappa shape index (κ2) is 2.54. The van der Waals surface area contributed by atoms with E-state index >= 15 is 0 Å². The zero-order valence-corrected chi connectivity index (χ0v) is 7.35. The molecule has 0 heterocycles. The van der Waals surface area contributed by atoms with E-state index < -0.39 is 0 Å². The topological polar surface area (TPSA) is 26.0 Å². The van der Waals surface area contributed by atoms with E-state index in [-0.39, 0.29) is 5.54 Å². The third-order valence-corrected chi connectivity index (χ3v) is 2.43. The fourth-order valence-corrected chi connectivity index (χ4v) is 2.53. The van der Waals surface area contributed by atoms with E-state index in [1.165, 1.54) is 19.3 Å². The molecular weight excluding hydrogens is 122 g/mol. The van der Waals surface area contributed by atoms with Crippen LogP contribution in [0.5, 0.6) is 0 Å². The molecule has 0 aromatic carbocycles. The van der Waals surface area contributed by atoms with Gasteiger partial charge >= 0.3 is 0 Å². The minimum atomic E-state index is 0.122. The van der Waals surface area contributed by atoms with E-state index in [1.807, 2.05) is 0 Å². The van der Waals surface area contributed by atoms with Gasteiger partial charge < -0.3 is 5.73 Å². The molecule has 0 amide bonds. The van der Waals surface area contributed by atoms with Crippen molar-refractivity contribution in [2.75, 3.05) is 0 Å². The maximum absolute atomic E-state index is 6.06. The monoisotopic (exact) mass is 141 g/mol. The first-order chi connectivity index (χ1) is 4.49. The Bertz CT molecular complexity index is 106. The predicted molar refractivity (Wildman–Crippen MR) is 44.8 cm³/mol. The minimum Gasteiger partial charge on any atom is -0.325 e. The van der Waals surface area contributed by atoms with Crippen molar-refractivity contribution in [1.29, 1.82) is 0 Å². The summed E-state index contributed by atoms with van der Waals surface area (Å²) in [6.07, 6.45) is 3.78. The number of hydrogen-bond acceptors (Lipinski definition) is 1. The van der Waals surface area contributed by atoms with Crippen LogP contribution in [0.3, 0.4) is 0 Å². The smallest absolute Gasteiger partial charge is 0.0131 e. The molecule has 1 aliphatic rings. The van der Waals surface area contributed by atoms with Crippen LogP contribution in [-0.4, -0.2) is 5.54 Å². The van der Waals surface area contributed by atoms with Crippen LogP contribution in [0.25, 0.3) is 0 Å². The third-order valence-electron chi connectivity index (χ3n) is 2.43. The molecule has 0 radical (unpaired) electrons. The molecule has 10 heavy (non-hydrogen) atoms. The Balaban J connectivity index is 2.51. The van der Waals surface area contributed by atoms with Gasteiger partial charge in [-0.15, -0.1) is 0 Å². The normalized spacial score (nSPS) is 49.2. The largest absolute Gasteiger partial charge is 0.325 e. The van der Waals surface area contributed by atoms with Crippen molar-refractivity contribution in [3.8, 4) is 0 Å². The highest BCUT2D eigenvalue weighted by atomic mass is 14.7. The Morgan fingerprint density at radius 3 is 1.90 bits per heavy atom. The average Bonchev–Trinajstić information content (AvgIpc) is 1.54. The van der Waals surface area contributed by atoms with Crippen LogP contribution >= 0.6 is 0 Å². The van der Waals surface area contributed by atoms with Crippen molar-refractivity contribution in [2.24, 2.45) is 17.6 Å². The first-order valence-electron chi connectivity index (χ1n) is 4.28. The van der Waals surface area contributed by atoms with Gasteiger partial charge in [-0.05, 0) is 38.0 Å². The molecule has 1 rings (SSSR count). The van der Waals surface area contributed by atoms with Gasteiger partial charge in [-0.2, -0.15) is 0 Å². The van der Waals surface area contributed by atoms with Gasteiger partial charge in [0.15, 0.2) is 0 Å². The van der Waals surface area contributed by atoms with Gasteiger partial charge in [-0.25, -0.2) is 0 Å². The first kappa shape index (κ1) is 8.06. The van der Waals surface area contributed by atoms with Gasteiger partial charge in [-0.3, -0.25) is 0 Å². The van der Waals surface area contributed by atoms with E-state index in [9.17, 15) is 0 Å². The Morgan fingerprint density at radius 1 is 1.20 bits per heavy atom. The Hall–Kier alpha value is -0.0400. The molecule has 0 aromatic rings. The molecule has 1 fully saturated rings. The molecule has 0 aromatic heterocycles. The highest BCUT2D eigenvalue weighted by molar-refractivity contribution is 4.87. The summed E-state index contributed by atoms with van der Waals surface area (Å²) in [4.78, 5) is 0. The molecule has 1 heteroatoms. The van der Waals surface area contributed by atoms with Crippen LogP contribution in [0, 0.1) is 11.8 Å².